The monoisotopic (exact) mass is 323 g/mol. The van der Waals surface area contributed by atoms with Crippen molar-refractivity contribution in [3.63, 3.8) is 0 Å². The standard InChI is InChI=1S/C21H25NO2/c23-15-21(24)8-3-10-22(11-9-21)14-16-6-7-20-18(12-16)13-17-4-1-2-5-19(17)20/h1-2,4-7,12,23-24H,3,8-11,13-15H2/t21-/m1/s1. The average Bonchev–Trinajstić information content (AvgIpc) is 2.86. The van der Waals surface area contributed by atoms with Crippen molar-refractivity contribution in [3.05, 3.63) is 59.2 Å². The summed E-state index contributed by atoms with van der Waals surface area (Å²) in [6.45, 7) is 2.62. The normalized spacial score (nSPS) is 23.6. The molecule has 126 valence electrons. The quantitative estimate of drug-likeness (QED) is 0.779. The van der Waals surface area contributed by atoms with Crippen LogP contribution in [0.4, 0.5) is 0 Å². The van der Waals surface area contributed by atoms with E-state index in [0.29, 0.717) is 12.8 Å². The highest BCUT2D eigenvalue weighted by molar-refractivity contribution is 5.76. The second-order valence-corrected chi connectivity index (χ2v) is 7.34. The smallest absolute Gasteiger partial charge is 0.0890 e. The van der Waals surface area contributed by atoms with Crippen LogP contribution in [-0.2, 0) is 13.0 Å². The fourth-order valence-electron chi connectivity index (χ4n) is 4.11. The first-order chi connectivity index (χ1) is 11.7. The van der Waals surface area contributed by atoms with Gasteiger partial charge in [0.15, 0.2) is 0 Å². The molecule has 2 aromatic rings. The van der Waals surface area contributed by atoms with Gasteiger partial charge in [-0.3, -0.25) is 4.90 Å². The lowest BCUT2D eigenvalue weighted by Gasteiger charge is -2.24. The fourth-order valence-corrected chi connectivity index (χ4v) is 4.11. The Kier molecular flexibility index (Phi) is 4.17. The Hall–Kier alpha value is -1.68. The molecule has 1 saturated heterocycles. The number of fused-ring (bicyclic) bond motifs is 3. The molecular formula is C21H25NO2. The number of benzene rings is 2. The van der Waals surface area contributed by atoms with Crippen molar-refractivity contribution in [3.8, 4) is 11.1 Å². The Morgan fingerprint density at radius 2 is 1.79 bits per heavy atom. The Morgan fingerprint density at radius 3 is 2.67 bits per heavy atom. The van der Waals surface area contributed by atoms with Crippen LogP contribution >= 0.6 is 0 Å². The van der Waals surface area contributed by atoms with E-state index in [2.05, 4.69) is 47.4 Å². The minimum absolute atomic E-state index is 0.127. The molecule has 1 aliphatic carbocycles. The van der Waals surface area contributed by atoms with Crippen molar-refractivity contribution in [2.75, 3.05) is 19.7 Å². The van der Waals surface area contributed by atoms with Crippen molar-refractivity contribution >= 4 is 0 Å². The first kappa shape index (κ1) is 15.8. The van der Waals surface area contributed by atoms with Gasteiger partial charge in [-0.25, -0.2) is 0 Å². The van der Waals surface area contributed by atoms with Crippen molar-refractivity contribution < 1.29 is 10.2 Å². The average molecular weight is 323 g/mol. The Balaban J connectivity index is 1.48. The number of nitrogens with zero attached hydrogens (tertiary/aromatic N) is 1. The lowest BCUT2D eigenvalue weighted by molar-refractivity contribution is -0.0255. The van der Waals surface area contributed by atoms with Crippen molar-refractivity contribution in [2.45, 2.75) is 37.8 Å². The number of likely N-dealkylation sites (tertiary alicyclic amines) is 1. The molecule has 3 nitrogen and oxygen atoms in total. The molecule has 2 N–H and O–H groups in total. The Labute approximate surface area is 143 Å². The summed E-state index contributed by atoms with van der Waals surface area (Å²) in [4.78, 5) is 2.40. The number of aliphatic hydroxyl groups excluding tert-OH is 1. The minimum atomic E-state index is -0.881. The predicted octanol–water partition coefficient (Wildman–Crippen LogP) is 2.97. The summed E-state index contributed by atoms with van der Waals surface area (Å²) in [5.74, 6) is 0. The molecule has 0 amide bonds. The van der Waals surface area contributed by atoms with Gasteiger partial charge < -0.3 is 10.2 Å². The molecule has 1 heterocycles. The minimum Gasteiger partial charge on any atom is -0.393 e. The molecule has 2 aromatic carbocycles. The maximum absolute atomic E-state index is 10.3. The first-order valence-corrected chi connectivity index (χ1v) is 8.93. The molecule has 3 heteroatoms. The van der Waals surface area contributed by atoms with Gasteiger partial charge >= 0.3 is 0 Å². The zero-order chi connectivity index (χ0) is 16.6. The van der Waals surface area contributed by atoms with E-state index in [1.54, 1.807) is 0 Å². The fraction of sp³-hybridized carbons (Fsp3) is 0.429. The molecular weight excluding hydrogens is 298 g/mol. The molecule has 4 rings (SSSR count). The van der Waals surface area contributed by atoms with E-state index in [1.807, 2.05) is 0 Å². The highest BCUT2D eigenvalue weighted by Gasteiger charge is 2.29. The molecule has 2 aliphatic rings. The largest absolute Gasteiger partial charge is 0.393 e. The topological polar surface area (TPSA) is 43.7 Å². The lowest BCUT2D eigenvalue weighted by atomic mass is 9.96. The van der Waals surface area contributed by atoms with Crippen molar-refractivity contribution in [1.82, 2.24) is 4.90 Å². The second kappa shape index (κ2) is 6.32. The van der Waals surface area contributed by atoms with E-state index in [4.69, 9.17) is 0 Å². The summed E-state index contributed by atoms with van der Waals surface area (Å²) in [7, 11) is 0. The van der Waals surface area contributed by atoms with Crippen LogP contribution in [0.15, 0.2) is 42.5 Å². The van der Waals surface area contributed by atoms with Crippen LogP contribution < -0.4 is 0 Å². The lowest BCUT2D eigenvalue weighted by Crippen LogP contribution is -2.34. The van der Waals surface area contributed by atoms with Crippen LogP contribution in [0.3, 0.4) is 0 Å². The predicted molar refractivity (Wildman–Crippen MR) is 95.8 cm³/mol. The molecule has 0 aromatic heterocycles. The molecule has 1 atom stereocenters. The highest BCUT2D eigenvalue weighted by atomic mass is 16.3. The van der Waals surface area contributed by atoms with Crippen LogP contribution in [-0.4, -0.2) is 40.4 Å². The van der Waals surface area contributed by atoms with Crippen LogP contribution in [0, 0.1) is 0 Å². The van der Waals surface area contributed by atoms with Gasteiger partial charge in [0.05, 0.1) is 12.2 Å². The maximum atomic E-state index is 10.3. The number of rotatable bonds is 3. The van der Waals surface area contributed by atoms with Crippen LogP contribution in [0.25, 0.3) is 11.1 Å². The van der Waals surface area contributed by atoms with E-state index >= 15 is 0 Å². The van der Waals surface area contributed by atoms with E-state index < -0.39 is 5.60 Å². The summed E-state index contributed by atoms with van der Waals surface area (Å²) in [6, 6.07) is 15.5. The molecule has 24 heavy (non-hydrogen) atoms. The molecule has 0 unspecified atom stereocenters. The molecule has 0 spiro atoms. The zero-order valence-corrected chi connectivity index (χ0v) is 14.0. The van der Waals surface area contributed by atoms with Gasteiger partial charge in [0.25, 0.3) is 0 Å². The third-order valence-electron chi connectivity index (χ3n) is 5.57. The van der Waals surface area contributed by atoms with Crippen molar-refractivity contribution in [2.24, 2.45) is 0 Å². The van der Waals surface area contributed by atoms with Crippen LogP contribution in [0.2, 0.25) is 0 Å². The van der Waals surface area contributed by atoms with E-state index in [1.165, 1.54) is 27.8 Å². The number of hydrogen-bond donors (Lipinski definition) is 2. The molecule has 0 bridgehead atoms. The number of aliphatic hydroxyl groups is 2. The summed E-state index contributed by atoms with van der Waals surface area (Å²) in [5.41, 5.74) is 6.06. The van der Waals surface area contributed by atoms with Gasteiger partial charge in [-0.2, -0.15) is 0 Å². The summed E-state index contributed by atoms with van der Waals surface area (Å²) in [5, 5.41) is 19.7. The summed E-state index contributed by atoms with van der Waals surface area (Å²) in [6.07, 6.45) is 3.32. The maximum Gasteiger partial charge on any atom is 0.0890 e. The van der Waals surface area contributed by atoms with E-state index in [9.17, 15) is 10.2 Å². The summed E-state index contributed by atoms with van der Waals surface area (Å²) >= 11 is 0. The van der Waals surface area contributed by atoms with Gasteiger partial charge in [0.1, 0.15) is 0 Å². The zero-order valence-electron chi connectivity index (χ0n) is 14.0. The summed E-state index contributed by atoms with van der Waals surface area (Å²) < 4.78 is 0. The van der Waals surface area contributed by atoms with Gasteiger partial charge in [0.2, 0.25) is 0 Å². The molecule has 1 aliphatic heterocycles. The number of hydrogen-bond acceptors (Lipinski definition) is 3. The Bertz CT molecular complexity index is 742. The van der Waals surface area contributed by atoms with E-state index in [-0.39, 0.29) is 6.61 Å². The Morgan fingerprint density at radius 1 is 0.958 bits per heavy atom. The van der Waals surface area contributed by atoms with E-state index in [0.717, 1.165) is 32.5 Å². The van der Waals surface area contributed by atoms with Gasteiger partial charge in [-0.05, 0) is 60.0 Å². The molecule has 0 radical (unpaired) electrons. The second-order valence-electron chi connectivity index (χ2n) is 7.34. The molecule has 0 saturated carbocycles. The third-order valence-corrected chi connectivity index (χ3v) is 5.57. The van der Waals surface area contributed by atoms with Gasteiger partial charge in [-0.15, -0.1) is 0 Å². The highest BCUT2D eigenvalue weighted by Crippen LogP contribution is 2.37. The van der Waals surface area contributed by atoms with Gasteiger partial charge in [0, 0.05) is 13.1 Å². The third kappa shape index (κ3) is 3.00. The van der Waals surface area contributed by atoms with Crippen molar-refractivity contribution in [1.29, 1.82) is 0 Å². The first-order valence-electron chi connectivity index (χ1n) is 8.93. The SMILES string of the molecule is OC[C@@]1(O)CCCN(Cc2ccc3c(c2)Cc2ccccc2-3)CC1. The molecule has 1 fully saturated rings. The van der Waals surface area contributed by atoms with Crippen LogP contribution in [0.5, 0.6) is 0 Å². The van der Waals surface area contributed by atoms with Crippen LogP contribution in [0.1, 0.15) is 36.0 Å². The van der Waals surface area contributed by atoms with Gasteiger partial charge in [-0.1, -0.05) is 42.5 Å².